The lowest BCUT2D eigenvalue weighted by Gasteiger charge is -2.11. The monoisotopic (exact) mass is 355 g/mol. The second-order valence-electron chi connectivity index (χ2n) is 4.63. The molecule has 2 aromatic carbocycles. The Labute approximate surface area is 145 Å². The van der Waals surface area contributed by atoms with Crippen molar-refractivity contribution in [2.24, 2.45) is 5.10 Å². The molecule has 0 aliphatic carbocycles. The Balaban J connectivity index is 2.20. The summed E-state index contributed by atoms with van der Waals surface area (Å²) in [6, 6.07) is 15.5. The molecule has 25 heavy (non-hydrogen) atoms. The third kappa shape index (κ3) is 4.47. The van der Waals surface area contributed by atoms with Gasteiger partial charge >= 0.3 is 0 Å². The van der Waals surface area contributed by atoms with Crippen molar-refractivity contribution in [1.29, 1.82) is 10.5 Å². The van der Waals surface area contributed by atoms with Gasteiger partial charge in [0.25, 0.3) is 10.0 Å². The van der Waals surface area contributed by atoms with E-state index in [1.807, 2.05) is 0 Å². The molecule has 126 valence electrons. The van der Waals surface area contributed by atoms with Gasteiger partial charge < -0.3 is 4.74 Å². The highest BCUT2D eigenvalue weighted by Crippen LogP contribution is 2.26. The summed E-state index contributed by atoms with van der Waals surface area (Å²) in [5.74, 6) is 0.402. The van der Waals surface area contributed by atoms with Crippen molar-refractivity contribution in [3.63, 3.8) is 0 Å². The van der Waals surface area contributed by atoms with Crippen LogP contribution in [0.3, 0.4) is 0 Å². The van der Waals surface area contributed by atoms with Gasteiger partial charge in [-0.2, -0.15) is 15.6 Å². The number of hydrogen-bond donors (Lipinski definition) is 2. The fourth-order valence-corrected chi connectivity index (χ4v) is 2.91. The number of nitriles is 2. The van der Waals surface area contributed by atoms with E-state index in [1.54, 1.807) is 36.4 Å². The standard InChI is InChI=1S/C16H13N5O3S/c1-24-16-5-3-2-4-15(16)21-25(22,23)14-8-6-12(7-9-14)19-20-13(10-17)11-18/h2-9,19,21H,1H3. The van der Waals surface area contributed by atoms with Crippen molar-refractivity contribution in [2.75, 3.05) is 17.3 Å². The van der Waals surface area contributed by atoms with Gasteiger partial charge in [-0.15, -0.1) is 0 Å². The van der Waals surface area contributed by atoms with Crippen LogP contribution < -0.4 is 14.9 Å². The zero-order chi connectivity index (χ0) is 18.3. The molecule has 0 radical (unpaired) electrons. The van der Waals surface area contributed by atoms with Crippen LogP contribution in [0.25, 0.3) is 0 Å². The van der Waals surface area contributed by atoms with Gasteiger partial charge in [-0.3, -0.25) is 10.1 Å². The van der Waals surface area contributed by atoms with Crippen LogP contribution in [-0.2, 0) is 10.0 Å². The summed E-state index contributed by atoms with van der Waals surface area (Å²) in [7, 11) is -2.35. The minimum Gasteiger partial charge on any atom is -0.495 e. The first-order chi connectivity index (χ1) is 12.0. The normalized spacial score (nSPS) is 10.0. The molecule has 0 aliphatic heterocycles. The number of para-hydroxylation sites is 2. The average Bonchev–Trinajstić information content (AvgIpc) is 2.63. The van der Waals surface area contributed by atoms with Crippen LogP contribution >= 0.6 is 0 Å². The minimum absolute atomic E-state index is 0.0359. The number of sulfonamides is 1. The maximum absolute atomic E-state index is 12.4. The molecular formula is C16H13N5O3S. The van der Waals surface area contributed by atoms with Crippen LogP contribution in [0.4, 0.5) is 11.4 Å². The van der Waals surface area contributed by atoms with Gasteiger partial charge in [0.05, 0.1) is 23.4 Å². The highest BCUT2D eigenvalue weighted by Gasteiger charge is 2.16. The number of benzene rings is 2. The maximum Gasteiger partial charge on any atom is 0.262 e. The Kier molecular flexibility index (Phi) is 5.56. The number of hydrazone groups is 1. The van der Waals surface area contributed by atoms with Gasteiger partial charge in [0.15, 0.2) is 0 Å². The molecule has 2 aromatic rings. The first-order valence-electron chi connectivity index (χ1n) is 6.90. The molecule has 0 aliphatic rings. The molecular weight excluding hydrogens is 342 g/mol. The molecule has 8 nitrogen and oxygen atoms in total. The number of rotatable bonds is 6. The molecule has 0 heterocycles. The van der Waals surface area contributed by atoms with E-state index in [4.69, 9.17) is 15.3 Å². The minimum atomic E-state index is -3.80. The summed E-state index contributed by atoms with van der Waals surface area (Å²) in [6.07, 6.45) is 0. The quantitative estimate of drug-likeness (QED) is 0.604. The SMILES string of the molecule is COc1ccccc1NS(=O)(=O)c1ccc(NN=C(C#N)C#N)cc1. The molecule has 2 rings (SSSR count). The third-order valence-corrected chi connectivity index (χ3v) is 4.41. The van der Waals surface area contributed by atoms with Crippen molar-refractivity contribution in [2.45, 2.75) is 4.90 Å². The Hall–Kier alpha value is -3.56. The van der Waals surface area contributed by atoms with E-state index in [1.165, 1.54) is 31.4 Å². The lowest BCUT2D eigenvalue weighted by atomic mass is 10.3. The van der Waals surface area contributed by atoms with E-state index < -0.39 is 10.0 Å². The number of anilines is 2. The topological polar surface area (TPSA) is 127 Å². The number of methoxy groups -OCH3 is 1. The summed E-state index contributed by atoms with van der Waals surface area (Å²) in [5, 5.41) is 20.8. The maximum atomic E-state index is 12.4. The smallest absolute Gasteiger partial charge is 0.262 e. The number of hydrogen-bond acceptors (Lipinski definition) is 7. The van der Waals surface area contributed by atoms with Crippen LogP contribution in [0.5, 0.6) is 5.75 Å². The van der Waals surface area contributed by atoms with Gasteiger partial charge in [0, 0.05) is 0 Å². The molecule has 9 heteroatoms. The highest BCUT2D eigenvalue weighted by molar-refractivity contribution is 7.92. The predicted octanol–water partition coefficient (Wildman–Crippen LogP) is 2.31. The molecule has 0 amide bonds. The lowest BCUT2D eigenvalue weighted by molar-refractivity contribution is 0.417. The second-order valence-corrected chi connectivity index (χ2v) is 6.31. The van der Waals surface area contributed by atoms with Crippen molar-refractivity contribution in [3.05, 3.63) is 48.5 Å². The molecule has 0 bridgehead atoms. The van der Waals surface area contributed by atoms with Gasteiger partial charge in [0.2, 0.25) is 5.71 Å². The van der Waals surface area contributed by atoms with E-state index in [0.717, 1.165) is 0 Å². The fraction of sp³-hybridized carbons (Fsp3) is 0.0625. The van der Waals surface area contributed by atoms with Crippen LogP contribution in [0.15, 0.2) is 58.5 Å². The van der Waals surface area contributed by atoms with Crippen molar-refractivity contribution < 1.29 is 13.2 Å². The summed E-state index contributed by atoms with van der Waals surface area (Å²) in [6.45, 7) is 0. The van der Waals surface area contributed by atoms with Crippen LogP contribution in [-0.4, -0.2) is 21.2 Å². The number of ether oxygens (including phenoxy) is 1. The summed E-state index contributed by atoms with van der Waals surface area (Å²) in [5.41, 5.74) is 2.92. The van der Waals surface area contributed by atoms with Gasteiger partial charge in [0.1, 0.15) is 17.9 Å². The number of nitrogens with one attached hydrogen (secondary N) is 2. The van der Waals surface area contributed by atoms with E-state index in [-0.39, 0.29) is 10.6 Å². The second kappa shape index (κ2) is 7.81. The van der Waals surface area contributed by atoms with Crippen LogP contribution in [0.2, 0.25) is 0 Å². The largest absolute Gasteiger partial charge is 0.495 e. The Bertz CT molecular complexity index is 954. The molecule has 0 atom stereocenters. The van der Waals surface area contributed by atoms with Gasteiger partial charge in [-0.25, -0.2) is 8.42 Å². The molecule has 0 unspecified atom stereocenters. The van der Waals surface area contributed by atoms with E-state index in [2.05, 4.69) is 15.2 Å². The molecule has 0 saturated heterocycles. The van der Waals surface area contributed by atoms with Crippen molar-refractivity contribution in [1.82, 2.24) is 0 Å². The average molecular weight is 355 g/mol. The first-order valence-corrected chi connectivity index (χ1v) is 8.38. The third-order valence-electron chi connectivity index (χ3n) is 3.02. The van der Waals surface area contributed by atoms with E-state index in [9.17, 15) is 8.42 Å². The molecule has 0 fully saturated rings. The van der Waals surface area contributed by atoms with Crippen molar-refractivity contribution >= 4 is 27.1 Å². The summed E-state index contributed by atoms with van der Waals surface area (Å²) >= 11 is 0. The zero-order valence-electron chi connectivity index (χ0n) is 13.1. The van der Waals surface area contributed by atoms with Crippen LogP contribution in [0.1, 0.15) is 0 Å². The number of nitrogens with zero attached hydrogens (tertiary/aromatic N) is 3. The molecule has 0 spiro atoms. The van der Waals surface area contributed by atoms with Gasteiger partial charge in [-0.1, -0.05) is 12.1 Å². The van der Waals surface area contributed by atoms with Crippen molar-refractivity contribution in [3.8, 4) is 17.9 Å². The Morgan fingerprint density at radius 2 is 1.72 bits per heavy atom. The first kappa shape index (κ1) is 17.8. The summed E-state index contributed by atoms with van der Waals surface area (Å²) < 4.78 is 32.5. The van der Waals surface area contributed by atoms with Crippen LogP contribution in [0, 0.1) is 22.7 Å². The highest BCUT2D eigenvalue weighted by atomic mass is 32.2. The van der Waals surface area contributed by atoms with E-state index >= 15 is 0 Å². The lowest BCUT2D eigenvalue weighted by Crippen LogP contribution is -2.13. The zero-order valence-corrected chi connectivity index (χ0v) is 13.9. The summed E-state index contributed by atoms with van der Waals surface area (Å²) in [4.78, 5) is 0.0359. The fourth-order valence-electron chi connectivity index (χ4n) is 1.84. The van der Waals surface area contributed by atoms with E-state index in [0.29, 0.717) is 17.1 Å². The Morgan fingerprint density at radius 3 is 2.32 bits per heavy atom. The van der Waals surface area contributed by atoms with Gasteiger partial charge in [-0.05, 0) is 36.4 Å². The Morgan fingerprint density at radius 1 is 1.08 bits per heavy atom. The predicted molar refractivity (Wildman–Crippen MR) is 92.5 cm³/mol. The molecule has 2 N–H and O–H groups in total. The molecule has 0 saturated carbocycles. The molecule has 0 aromatic heterocycles.